The third-order valence-corrected chi connectivity index (χ3v) is 4.90. The molecule has 8 nitrogen and oxygen atoms in total. The van der Waals surface area contributed by atoms with Crippen LogP contribution in [0.25, 0.3) is 16.8 Å². The summed E-state index contributed by atoms with van der Waals surface area (Å²) in [6.45, 7) is 2.20. The van der Waals surface area contributed by atoms with Crippen LogP contribution in [-0.4, -0.2) is 42.8 Å². The molecule has 1 amide bonds. The number of aromatic nitrogens is 5. The number of hydrogen-bond acceptors (Lipinski definition) is 7. The molecular formula is C20H17FN6O2S. The second-order valence-corrected chi connectivity index (χ2v) is 7.04. The van der Waals surface area contributed by atoms with E-state index in [4.69, 9.17) is 4.74 Å². The molecule has 152 valence electrons. The van der Waals surface area contributed by atoms with Gasteiger partial charge in [0.05, 0.1) is 12.4 Å². The third-order valence-electron chi connectivity index (χ3n) is 4.02. The van der Waals surface area contributed by atoms with Crippen LogP contribution in [-0.2, 0) is 4.79 Å². The second-order valence-electron chi connectivity index (χ2n) is 6.10. The fourth-order valence-electron chi connectivity index (χ4n) is 2.71. The third kappa shape index (κ3) is 4.54. The lowest BCUT2D eigenvalue weighted by Gasteiger charge is -2.07. The zero-order valence-corrected chi connectivity index (χ0v) is 16.8. The van der Waals surface area contributed by atoms with E-state index in [0.29, 0.717) is 23.0 Å². The van der Waals surface area contributed by atoms with Crippen molar-refractivity contribution < 1.29 is 13.9 Å². The summed E-state index contributed by atoms with van der Waals surface area (Å²) in [5.41, 5.74) is 1.99. The van der Waals surface area contributed by atoms with Gasteiger partial charge in [-0.1, -0.05) is 17.8 Å². The van der Waals surface area contributed by atoms with E-state index in [2.05, 4.69) is 25.4 Å². The molecule has 0 spiro atoms. The van der Waals surface area contributed by atoms with Crippen molar-refractivity contribution in [2.45, 2.75) is 12.1 Å². The van der Waals surface area contributed by atoms with Gasteiger partial charge in [0, 0.05) is 24.2 Å². The Balaban J connectivity index is 1.47. The topological polar surface area (TPSA) is 94.3 Å². The minimum absolute atomic E-state index is 0.135. The lowest BCUT2D eigenvalue weighted by atomic mass is 10.1. The number of hydrogen-bond donors (Lipinski definition) is 1. The lowest BCUT2D eigenvalue weighted by Crippen LogP contribution is -2.15. The van der Waals surface area contributed by atoms with E-state index in [1.54, 1.807) is 49.8 Å². The Labute approximate surface area is 175 Å². The van der Waals surface area contributed by atoms with E-state index in [0.717, 1.165) is 5.56 Å². The number of nitrogens with one attached hydrogen (secondary N) is 1. The van der Waals surface area contributed by atoms with Gasteiger partial charge >= 0.3 is 0 Å². The maximum atomic E-state index is 14.2. The Morgan fingerprint density at radius 1 is 1.20 bits per heavy atom. The number of amides is 1. The summed E-state index contributed by atoms with van der Waals surface area (Å²) >= 11 is 1.22. The van der Waals surface area contributed by atoms with Crippen molar-refractivity contribution >= 4 is 29.3 Å². The molecule has 4 rings (SSSR count). The van der Waals surface area contributed by atoms with Crippen LogP contribution in [0.15, 0.2) is 60.1 Å². The molecule has 3 heterocycles. The lowest BCUT2D eigenvalue weighted by molar-refractivity contribution is -0.113. The van der Waals surface area contributed by atoms with Gasteiger partial charge < -0.3 is 4.74 Å². The Bertz CT molecular complexity index is 1180. The summed E-state index contributed by atoms with van der Waals surface area (Å²) in [6.07, 6.45) is 4.95. The van der Waals surface area contributed by atoms with Crippen molar-refractivity contribution in [3.63, 3.8) is 0 Å². The normalized spacial score (nSPS) is 10.9. The number of benzene rings is 1. The molecule has 0 radical (unpaired) electrons. The van der Waals surface area contributed by atoms with Gasteiger partial charge in [0.25, 0.3) is 0 Å². The van der Waals surface area contributed by atoms with E-state index in [1.165, 1.54) is 22.3 Å². The first-order chi connectivity index (χ1) is 14.6. The molecule has 0 aliphatic carbocycles. The molecule has 4 aromatic rings. The molecule has 1 aromatic carbocycles. The van der Waals surface area contributed by atoms with Crippen LogP contribution < -0.4 is 10.1 Å². The van der Waals surface area contributed by atoms with Crippen LogP contribution in [0.5, 0.6) is 5.75 Å². The van der Waals surface area contributed by atoms with Crippen LogP contribution in [0.4, 0.5) is 10.3 Å². The summed E-state index contributed by atoms with van der Waals surface area (Å²) in [4.78, 5) is 24.5. The van der Waals surface area contributed by atoms with Crippen molar-refractivity contribution in [3.8, 4) is 16.9 Å². The van der Waals surface area contributed by atoms with E-state index in [1.807, 2.05) is 6.07 Å². The average Bonchev–Trinajstić information content (AvgIpc) is 3.16. The molecule has 0 saturated heterocycles. The smallest absolute Gasteiger partial charge is 0.249 e. The minimum atomic E-state index is -0.430. The average molecular weight is 424 g/mol. The van der Waals surface area contributed by atoms with Crippen LogP contribution in [0, 0.1) is 5.82 Å². The van der Waals surface area contributed by atoms with Crippen molar-refractivity contribution in [1.29, 1.82) is 0 Å². The van der Waals surface area contributed by atoms with Gasteiger partial charge in [-0.15, -0.1) is 5.10 Å². The molecule has 0 fully saturated rings. The van der Waals surface area contributed by atoms with Crippen LogP contribution in [0.2, 0.25) is 0 Å². The number of thioether (sulfide) groups is 1. The standard InChI is InChI=1S/C20H17FN6O2S/c1-2-29-16-6-4-13(10-15(16)21)14-5-7-17-24-19(26-27(17)11-14)25-18(28)12-30-20-22-8-3-9-23-20/h3-11H,2,12H2,1H3,(H,25,26,28). The Kier molecular flexibility index (Phi) is 5.84. The Morgan fingerprint density at radius 2 is 2.00 bits per heavy atom. The van der Waals surface area contributed by atoms with Gasteiger partial charge in [0.2, 0.25) is 11.9 Å². The number of carbonyl (C=O) groups excluding carboxylic acids is 1. The molecule has 0 unspecified atom stereocenters. The van der Waals surface area contributed by atoms with Crippen molar-refractivity contribution in [3.05, 3.63) is 60.8 Å². The molecule has 10 heteroatoms. The minimum Gasteiger partial charge on any atom is -0.491 e. The fraction of sp³-hybridized carbons (Fsp3) is 0.150. The molecule has 30 heavy (non-hydrogen) atoms. The largest absolute Gasteiger partial charge is 0.491 e. The van der Waals surface area contributed by atoms with E-state index >= 15 is 0 Å². The van der Waals surface area contributed by atoms with Crippen molar-refractivity contribution in [2.24, 2.45) is 0 Å². The summed E-state index contributed by atoms with van der Waals surface area (Å²) in [6, 6.07) is 10.1. The number of ether oxygens (including phenoxy) is 1. The van der Waals surface area contributed by atoms with Gasteiger partial charge in [-0.05, 0) is 42.8 Å². The molecule has 0 aliphatic rings. The number of nitrogens with zero attached hydrogens (tertiary/aromatic N) is 5. The summed E-state index contributed by atoms with van der Waals surface area (Å²) in [5, 5.41) is 7.45. The molecule has 3 aromatic heterocycles. The van der Waals surface area contributed by atoms with Crippen LogP contribution in [0.3, 0.4) is 0 Å². The highest BCUT2D eigenvalue weighted by molar-refractivity contribution is 7.99. The summed E-state index contributed by atoms with van der Waals surface area (Å²) in [7, 11) is 0. The van der Waals surface area contributed by atoms with Gasteiger partial charge in [0.1, 0.15) is 0 Å². The first kappa shape index (κ1) is 19.8. The van der Waals surface area contributed by atoms with Gasteiger partial charge in [-0.3, -0.25) is 10.1 Å². The highest BCUT2D eigenvalue weighted by atomic mass is 32.2. The van der Waals surface area contributed by atoms with E-state index in [-0.39, 0.29) is 23.4 Å². The van der Waals surface area contributed by atoms with Crippen LogP contribution >= 0.6 is 11.8 Å². The summed E-state index contributed by atoms with van der Waals surface area (Å²) < 4.78 is 20.9. The quantitative estimate of drug-likeness (QED) is 0.359. The molecular weight excluding hydrogens is 407 g/mol. The number of fused-ring (bicyclic) bond motifs is 1. The summed E-state index contributed by atoms with van der Waals surface area (Å²) in [5.74, 6) is -0.162. The van der Waals surface area contributed by atoms with Crippen LogP contribution in [0.1, 0.15) is 6.92 Å². The SMILES string of the molecule is CCOc1ccc(-c2ccc3nc(NC(=O)CSc4ncccn4)nn3c2)cc1F. The van der Waals surface area contributed by atoms with E-state index < -0.39 is 5.82 Å². The Hall–Kier alpha value is -3.53. The number of pyridine rings is 1. The van der Waals surface area contributed by atoms with Crippen molar-refractivity contribution in [1.82, 2.24) is 24.6 Å². The highest BCUT2D eigenvalue weighted by Gasteiger charge is 2.11. The number of halogens is 1. The first-order valence-corrected chi connectivity index (χ1v) is 10.1. The number of rotatable bonds is 7. The molecule has 1 N–H and O–H groups in total. The zero-order chi connectivity index (χ0) is 20.9. The highest BCUT2D eigenvalue weighted by Crippen LogP contribution is 2.26. The number of anilines is 1. The Morgan fingerprint density at radius 3 is 2.77 bits per heavy atom. The number of carbonyl (C=O) groups is 1. The van der Waals surface area contributed by atoms with E-state index in [9.17, 15) is 9.18 Å². The maximum absolute atomic E-state index is 14.2. The molecule has 0 saturated carbocycles. The van der Waals surface area contributed by atoms with Gasteiger partial charge in [0.15, 0.2) is 22.4 Å². The predicted octanol–water partition coefficient (Wildman–Crippen LogP) is 3.45. The first-order valence-electron chi connectivity index (χ1n) is 9.11. The zero-order valence-electron chi connectivity index (χ0n) is 15.9. The predicted molar refractivity (Wildman–Crippen MR) is 111 cm³/mol. The second kappa shape index (κ2) is 8.87. The maximum Gasteiger partial charge on any atom is 0.249 e. The molecule has 0 aliphatic heterocycles. The van der Waals surface area contributed by atoms with Crippen molar-refractivity contribution in [2.75, 3.05) is 17.7 Å². The monoisotopic (exact) mass is 424 g/mol. The molecule has 0 atom stereocenters. The van der Waals surface area contributed by atoms with Gasteiger partial charge in [-0.2, -0.15) is 4.98 Å². The fourth-order valence-corrected chi connectivity index (χ4v) is 3.31. The molecule has 0 bridgehead atoms. The van der Waals surface area contributed by atoms with Gasteiger partial charge in [-0.25, -0.2) is 18.9 Å².